The van der Waals surface area contributed by atoms with Crippen LogP contribution in [0.25, 0.3) is 0 Å². The largest absolute Gasteiger partial charge is 0.477 e. The zero-order valence-electron chi connectivity index (χ0n) is 33.6. The second-order valence-corrected chi connectivity index (χ2v) is 17.1. The Morgan fingerprint density at radius 3 is 2.44 bits per heavy atom. The fraction of sp³-hybridized carbons (Fsp3) is 0.700. The first kappa shape index (κ1) is 41.8. The van der Waals surface area contributed by atoms with Crippen LogP contribution in [-0.4, -0.2) is 115 Å². The number of esters is 1. The molecule has 5 rings (SSSR count). The van der Waals surface area contributed by atoms with Gasteiger partial charge in [-0.1, -0.05) is 6.07 Å². The van der Waals surface area contributed by atoms with E-state index >= 15 is 0 Å². The Kier molecular flexibility index (Phi) is 12.7. The highest BCUT2D eigenvalue weighted by Crippen LogP contribution is 2.63. The minimum atomic E-state index is -0.982. The summed E-state index contributed by atoms with van der Waals surface area (Å²) in [6.07, 6.45) is 1.86. The van der Waals surface area contributed by atoms with E-state index in [1.54, 1.807) is 54.5 Å². The summed E-state index contributed by atoms with van der Waals surface area (Å²) < 4.78 is 22.9. The van der Waals surface area contributed by atoms with Crippen LogP contribution in [0.15, 0.2) is 12.1 Å². The van der Waals surface area contributed by atoms with E-state index in [9.17, 15) is 28.8 Å². The van der Waals surface area contributed by atoms with Crippen LogP contribution in [0.4, 0.5) is 9.59 Å². The Balaban J connectivity index is 1.18. The maximum absolute atomic E-state index is 13.5. The highest BCUT2D eigenvalue weighted by molar-refractivity contribution is 5.97. The molecule has 55 heavy (non-hydrogen) atoms. The number of ether oxygens (including phenoxy) is 4. The van der Waals surface area contributed by atoms with Crippen LogP contribution in [0.5, 0.6) is 11.5 Å². The van der Waals surface area contributed by atoms with E-state index < -0.39 is 65.2 Å². The predicted molar refractivity (Wildman–Crippen MR) is 202 cm³/mol. The summed E-state index contributed by atoms with van der Waals surface area (Å²) in [4.78, 5) is 81.1. The van der Waals surface area contributed by atoms with Crippen molar-refractivity contribution in [2.24, 2.45) is 5.92 Å². The van der Waals surface area contributed by atoms with Crippen LogP contribution >= 0.6 is 0 Å². The van der Waals surface area contributed by atoms with Crippen LogP contribution in [-0.2, 0) is 40.5 Å². The van der Waals surface area contributed by atoms with Crippen molar-refractivity contribution < 1.29 is 47.7 Å². The monoisotopic (exact) mass is 769 g/mol. The van der Waals surface area contributed by atoms with Crippen molar-refractivity contribution in [3.8, 4) is 11.5 Å². The van der Waals surface area contributed by atoms with E-state index in [0.717, 1.165) is 36.9 Å². The molecule has 5 atom stereocenters. The summed E-state index contributed by atoms with van der Waals surface area (Å²) in [5.41, 5.74) is 0.356. The number of carbonyl (C=O) groups excluding carboxylic acids is 6. The van der Waals surface area contributed by atoms with Crippen molar-refractivity contribution in [3.63, 3.8) is 0 Å². The summed E-state index contributed by atoms with van der Waals surface area (Å²) in [7, 11) is 2.15. The van der Waals surface area contributed by atoms with Crippen molar-refractivity contribution in [1.29, 1.82) is 0 Å². The highest BCUT2D eigenvalue weighted by atomic mass is 16.6. The van der Waals surface area contributed by atoms with Gasteiger partial charge in [-0.2, -0.15) is 0 Å². The fourth-order valence-electron chi connectivity index (χ4n) is 8.57. The van der Waals surface area contributed by atoms with E-state index in [1.165, 1.54) is 4.90 Å². The lowest BCUT2D eigenvalue weighted by molar-refractivity contribution is -0.156. The first-order chi connectivity index (χ1) is 25.8. The van der Waals surface area contributed by atoms with E-state index in [1.807, 2.05) is 6.07 Å². The second kappa shape index (κ2) is 16.8. The summed E-state index contributed by atoms with van der Waals surface area (Å²) >= 11 is 0. The summed E-state index contributed by atoms with van der Waals surface area (Å²) in [6.45, 7) is 13.8. The molecule has 0 aromatic heterocycles. The number of carbonyl (C=O) groups is 6. The van der Waals surface area contributed by atoms with Gasteiger partial charge in [0.15, 0.2) is 23.4 Å². The van der Waals surface area contributed by atoms with Gasteiger partial charge in [-0.3, -0.25) is 19.2 Å². The molecule has 2 fully saturated rings. The number of hydrogen-bond acceptors (Lipinski definition) is 11. The molecule has 4 amide bonds. The highest BCUT2D eigenvalue weighted by Gasteiger charge is 2.65. The van der Waals surface area contributed by atoms with Crippen LogP contribution in [0, 0.1) is 5.92 Å². The third kappa shape index (κ3) is 9.71. The second-order valence-electron chi connectivity index (χ2n) is 17.1. The predicted octanol–water partition coefficient (Wildman–Crippen LogP) is 3.77. The third-order valence-electron chi connectivity index (χ3n) is 10.9. The SMILES string of the molecule is CCN(CCNC(=O)[C@H](CCCCNC(=O)OC(C)(C)C)NC(=O)CC(=O)OC(C)(C)C)C(=O)Oc1ccc2c3c1O[C@H]1C(=O)CCC4[C@@H](C2)N(C)CC[C@@]341. The van der Waals surface area contributed by atoms with Gasteiger partial charge < -0.3 is 44.7 Å². The van der Waals surface area contributed by atoms with Gasteiger partial charge in [0.25, 0.3) is 0 Å². The number of rotatable bonds is 14. The van der Waals surface area contributed by atoms with Crippen LogP contribution in [0.3, 0.4) is 0 Å². The first-order valence-electron chi connectivity index (χ1n) is 19.6. The average Bonchev–Trinajstić information content (AvgIpc) is 3.43. The summed E-state index contributed by atoms with van der Waals surface area (Å²) in [5.74, 6) is -0.694. The molecule has 2 heterocycles. The number of alkyl carbamates (subject to hydrolysis) is 1. The Hall–Kier alpha value is -4.40. The van der Waals surface area contributed by atoms with Gasteiger partial charge >= 0.3 is 18.2 Å². The number of Topliss-reactive ketones (excluding diaryl/α,β-unsaturated/α-hetero) is 1. The molecular weight excluding hydrogens is 710 g/mol. The zero-order valence-corrected chi connectivity index (χ0v) is 33.6. The number of ketones is 1. The van der Waals surface area contributed by atoms with Gasteiger partial charge in [0, 0.05) is 49.6 Å². The molecule has 1 saturated heterocycles. The minimum Gasteiger partial charge on any atom is -0.477 e. The van der Waals surface area contributed by atoms with Gasteiger partial charge in [0.1, 0.15) is 23.7 Å². The van der Waals surface area contributed by atoms with Crippen molar-refractivity contribution in [3.05, 3.63) is 23.3 Å². The maximum atomic E-state index is 13.5. The van der Waals surface area contributed by atoms with E-state index in [0.29, 0.717) is 43.5 Å². The number of likely N-dealkylation sites (tertiary alicyclic amines) is 1. The van der Waals surface area contributed by atoms with Gasteiger partial charge in [-0.25, -0.2) is 9.59 Å². The number of hydrogen-bond donors (Lipinski definition) is 3. The third-order valence-corrected chi connectivity index (χ3v) is 10.9. The Morgan fingerprint density at radius 2 is 1.75 bits per heavy atom. The number of unbranched alkanes of at least 4 members (excludes halogenated alkanes) is 1. The van der Waals surface area contributed by atoms with Gasteiger partial charge in [-0.15, -0.1) is 0 Å². The molecule has 304 valence electrons. The Labute approximate surface area is 323 Å². The molecule has 2 aliphatic heterocycles. The molecule has 0 radical (unpaired) electrons. The maximum Gasteiger partial charge on any atom is 0.415 e. The van der Waals surface area contributed by atoms with Crippen molar-refractivity contribution in [2.45, 2.75) is 135 Å². The number of benzene rings is 1. The van der Waals surface area contributed by atoms with Crippen LogP contribution in [0.1, 0.15) is 105 Å². The lowest BCUT2D eigenvalue weighted by Crippen LogP contribution is -2.65. The van der Waals surface area contributed by atoms with Crippen molar-refractivity contribution >= 4 is 35.8 Å². The topological polar surface area (TPSA) is 182 Å². The van der Waals surface area contributed by atoms with Crippen LogP contribution in [0.2, 0.25) is 0 Å². The Bertz CT molecular complexity index is 1650. The molecule has 1 spiro atoms. The number of nitrogens with zero attached hydrogens (tertiary/aromatic N) is 2. The molecule has 2 aliphatic carbocycles. The number of amides is 4. The average molecular weight is 770 g/mol. The lowest BCUT2D eigenvalue weighted by atomic mass is 9.52. The van der Waals surface area contributed by atoms with E-state index in [4.69, 9.17) is 18.9 Å². The molecule has 3 N–H and O–H groups in total. The molecular formula is C40H59N5O10. The molecule has 15 heteroatoms. The number of piperidine rings is 1. The van der Waals surface area contributed by atoms with E-state index in [2.05, 4.69) is 27.9 Å². The number of nitrogens with one attached hydrogen (secondary N) is 3. The standard InChI is InChI=1S/C40H59N5O10/c1-9-45(37(51)52-29-16-13-24-22-27-25-14-15-28(46)34-40(25,17-20-44(27)8)32(24)33(29)53-34)21-19-41-35(49)26(43-30(47)23-31(48)54-38(2,3)4)12-10-11-18-42-36(50)55-39(5,6)7/h13,16,25-27,34H,9-12,14-15,17-23H2,1-8H3,(H,41,49)(H,42,50)(H,43,47)/t25?,26-,27+,34-,40-/m0/s1. The van der Waals surface area contributed by atoms with Crippen molar-refractivity contribution in [2.75, 3.05) is 39.8 Å². The normalized spacial score (nSPS) is 23.1. The number of likely N-dealkylation sites (N-methyl/N-ethyl adjacent to an activating group) is 2. The molecule has 15 nitrogen and oxygen atoms in total. The quantitative estimate of drug-likeness (QED) is 0.142. The van der Waals surface area contributed by atoms with Gasteiger partial charge in [-0.05, 0) is 118 Å². The van der Waals surface area contributed by atoms with Gasteiger partial charge in [0.2, 0.25) is 11.8 Å². The molecule has 1 aromatic rings. The summed E-state index contributed by atoms with van der Waals surface area (Å²) in [5, 5.41) is 8.11. The molecule has 4 aliphatic rings. The molecule has 2 bridgehead atoms. The van der Waals surface area contributed by atoms with Gasteiger partial charge in [0.05, 0.1) is 0 Å². The van der Waals surface area contributed by atoms with Crippen molar-refractivity contribution in [1.82, 2.24) is 25.8 Å². The minimum absolute atomic E-state index is 0.0597. The smallest absolute Gasteiger partial charge is 0.415 e. The van der Waals surface area contributed by atoms with E-state index in [-0.39, 0.29) is 37.6 Å². The summed E-state index contributed by atoms with van der Waals surface area (Å²) in [6, 6.07) is 3.11. The Morgan fingerprint density at radius 1 is 1.02 bits per heavy atom. The molecule has 1 saturated carbocycles. The molecule has 1 aromatic carbocycles. The molecule has 1 unspecified atom stereocenters. The first-order valence-corrected chi connectivity index (χ1v) is 19.6. The lowest BCUT2D eigenvalue weighted by Gasteiger charge is -2.57. The van der Waals surface area contributed by atoms with Crippen LogP contribution < -0.4 is 25.4 Å². The fourth-order valence-corrected chi connectivity index (χ4v) is 8.57. The zero-order chi connectivity index (χ0) is 40.3.